The Bertz CT molecular complexity index is 843. The van der Waals surface area contributed by atoms with Crippen molar-refractivity contribution < 1.29 is 17.7 Å². The van der Waals surface area contributed by atoms with Crippen LogP contribution in [0.25, 0.3) is 0 Å². The Hall–Kier alpha value is -1.29. The molecule has 0 fully saturated rings. The van der Waals surface area contributed by atoms with Crippen LogP contribution in [0.2, 0.25) is 0 Å². The highest BCUT2D eigenvalue weighted by Crippen LogP contribution is 2.23. The molecule has 0 unspecified atom stereocenters. The average Bonchev–Trinajstić information content (AvgIpc) is 3.02. The normalized spacial score (nSPS) is 11.7. The molecular formula is C16H22N2O4S3. The zero-order valence-electron chi connectivity index (χ0n) is 14.0. The molecule has 0 saturated heterocycles. The van der Waals surface area contributed by atoms with E-state index in [1.165, 1.54) is 25.7 Å². The average molecular weight is 403 g/mol. The minimum atomic E-state index is -4.00. The number of H-pyrrole nitrogens is 1. The van der Waals surface area contributed by atoms with Gasteiger partial charge in [-0.3, -0.25) is 9.28 Å². The molecule has 9 heteroatoms. The van der Waals surface area contributed by atoms with E-state index in [-0.39, 0.29) is 20.7 Å². The summed E-state index contributed by atoms with van der Waals surface area (Å²) < 4.78 is 29.2. The molecule has 2 rings (SSSR count). The molecular weight excluding hydrogens is 380 g/mol. The van der Waals surface area contributed by atoms with Crippen molar-refractivity contribution in [3.05, 3.63) is 33.3 Å². The molecule has 6 nitrogen and oxygen atoms in total. The Kier molecular flexibility index (Phi) is 7.55. The first-order valence-electron chi connectivity index (χ1n) is 8.18. The summed E-state index contributed by atoms with van der Waals surface area (Å²) in [7, 11) is -4.00. The maximum absolute atomic E-state index is 12.1. The number of phenolic OH excluding ortho intramolecular Hbond substituents is 1. The van der Waals surface area contributed by atoms with Gasteiger partial charge in [0.15, 0.2) is 3.95 Å². The lowest BCUT2D eigenvalue weighted by molar-refractivity contribution is 0.301. The molecule has 1 aromatic heterocycles. The number of hydrogen-bond donors (Lipinski definition) is 2. The van der Waals surface area contributed by atoms with Crippen LogP contribution >= 0.6 is 23.6 Å². The smallest absolute Gasteiger partial charge is 0.326 e. The second-order valence-corrected chi connectivity index (χ2v) is 9.18. The number of benzene rings is 1. The molecule has 1 aromatic carbocycles. The predicted octanol–water partition coefficient (Wildman–Crippen LogP) is 4.32. The summed E-state index contributed by atoms with van der Waals surface area (Å²) in [5.41, 5.74) is 1.49. The molecule has 0 radical (unpaired) electrons. The van der Waals surface area contributed by atoms with Gasteiger partial charge in [0.2, 0.25) is 0 Å². The third-order valence-corrected chi connectivity index (χ3v) is 6.41. The van der Waals surface area contributed by atoms with E-state index in [4.69, 9.17) is 16.4 Å². The maximum atomic E-state index is 12.1. The van der Waals surface area contributed by atoms with Gasteiger partial charge < -0.3 is 5.11 Å². The largest absolute Gasteiger partial charge is 0.508 e. The van der Waals surface area contributed by atoms with Gasteiger partial charge in [-0.25, -0.2) is 0 Å². The summed E-state index contributed by atoms with van der Waals surface area (Å²) >= 11 is 5.65. The molecule has 2 N–H and O–H groups in total. The first-order chi connectivity index (χ1) is 11.9. The van der Waals surface area contributed by atoms with E-state index in [1.54, 1.807) is 12.1 Å². The van der Waals surface area contributed by atoms with Crippen molar-refractivity contribution in [2.45, 2.75) is 56.4 Å². The molecule has 0 saturated carbocycles. The van der Waals surface area contributed by atoms with Gasteiger partial charge in [0.05, 0.1) is 6.61 Å². The van der Waals surface area contributed by atoms with Gasteiger partial charge in [0.25, 0.3) is 4.34 Å². The van der Waals surface area contributed by atoms with Gasteiger partial charge in [-0.2, -0.15) is 8.42 Å². The molecule has 0 atom stereocenters. The van der Waals surface area contributed by atoms with E-state index in [0.29, 0.717) is 5.56 Å². The van der Waals surface area contributed by atoms with Crippen LogP contribution in [0.1, 0.15) is 50.2 Å². The fourth-order valence-corrected chi connectivity index (χ4v) is 4.48. The van der Waals surface area contributed by atoms with Crippen molar-refractivity contribution in [2.75, 3.05) is 0 Å². The number of aryl methyl sites for hydroxylation is 1. The van der Waals surface area contributed by atoms with Crippen LogP contribution in [0.3, 0.4) is 0 Å². The van der Waals surface area contributed by atoms with Crippen molar-refractivity contribution >= 4 is 33.7 Å². The minimum Gasteiger partial charge on any atom is -0.508 e. The monoisotopic (exact) mass is 402 g/mol. The second-order valence-electron chi connectivity index (χ2n) is 5.72. The number of unbranched alkanes of at least 4 members (excludes halogenated alkanes) is 4. The van der Waals surface area contributed by atoms with Gasteiger partial charge in [0.1, 0.15) is 5.75 Å². The van der Waals surface area contributed by atoms with Crippen molar-refractivity contribution in [3.8, 4) is 5.75 Å². The first kappa shape index (κ1) is 20.0. The predicted molar refractivity (Wildman–Crippen MR) is 99.8 cm³/mol. The number of nitrogens with one attached hydrogen (secondary N) is 1. The van der Waals surface area contributed by atoms with E-state index >= 15 is 0 Å². The number of phenols is 1. The lowest BCUT2D eigenvalue weighted by atomic mass is 10.0. The topological polar surface area (TPSA) is 92.3 Å². The fourth-order valence-electron chi connectivity index (χ4n) is 2.36. The summed E-state index contributed by atoms with van der Waals surface area (Å²) in [5, 5.41) is 16.0. The molecule has 0 amide bonds. The number of nitrogens with zero attached hydrogens (tertiary/aromatic N) is 1. The summed E-state index contributed by atoms with van der Waals surface area (Å²) in [5.74, 6) is 0.0135. The van der Waals surface area contributed by atoms with Gasteiger partial charge in [-0.05, 0) is 42.8 Å². The number of aromatic hydroxyl groups is 1. The highest BCUT2D eigenvalue weighted by molar-refractivity contribution is 7.89. The van der Waals surface area contributed by atoms with E-state index in [2.05, 4.69) is 17.1 Å². The van der Waals surface area contributed by atoms with Crippen LogP contribution in [0, 0.1) is 3.95 Å². The van der Waals surface area contributed by atoms with Crippen LogP contribution in [-0.2, 0) is 27.3 Å². The molecule has 0 bridgehead atoms. The zero-order valence-corrected chi connectivity index (χ0v) is 16.5. The third kappa shape index (κ3) is 6.18. The van der Waals surface area contributed by atoms with Crippen LogP contribution in [0.4, 0.5) is 0 Å². The van der Waals surface area contributed by atoms with Crippen molar-refractivity contribution in [1.82, 2.24) is 10.2 Å². The van der Waals surface area contributed by atoms with Crippen LogP contribution in [0.5, 0.6) is 5.75 Å². The first-order valence-corrected chi connectivity index (χ1v) is 10.8. The zero-order chi connectivity index (χ0) is 18.3. The number of rotatable bonds is 10. The number of hydrogen-bond acceptors (Lipinski definition) is 7. The van der Waals surface area contributed by atoms with Gasteiger partial charge in [-0.1, -0.05) is 50.0 Å². The summed E-state index contributed by atoms with van der Waals surface area (Å²) in [6, 6.07) is 5.22. The fraction of sp³-hybridized carbons (Fsp3) is 0.500. The Balaban J connectivity index is 1.97. The van der Waals surface area contributed by atoms with Gasteiger partial charge in [-0.15, -0.1) is 5.10 Å². The Labute approximate surface area is 157 Å². The second kappa shape index (κ2) is 9.42. The molecule has 2 aromatic rings. The molecule has 25 heavy (non-hydrogen) atoms. The van der Waals surface area contributed by atoms with Crippen molar-refractivity contribution in [3.63, 3.8) is 0 Å². The number of aromatic nitrogens is 2. The molecule has 0 aliphatic rings. The quantitative estimate of drug-likeness (QED) is 0.349. The highest BCUT2D eigenvalue weighted by Gasteiger charge is 2.20. The Morgan fingerprint density at radius 2 is 2.04 bits per heavy atom. The summed E-state index contributed by atoms with van der Waals surface area (Å²) in [6.45, 7) is 1.93. The van der Waals surface area contributed by atoms with Crippen LogP contribution in [0.15, 0.2) is 22.5 Å². The SMILES string of the molecule is CCCCCCCc1ccc(O)c(COS(=O)(=O)c2n[nH]c(=S)s2)c1. The highest BCUT2D eigenvalue weighted by atomic mass is 32.3. The van der Waals surface area contributed by atoms with Crippen molar-refractivity contribution in [2.24, 2.45) is 0 Å². The van der Waals surface area contributed by atoms with E-state index in [0.717, 1.165) is 29.7 Å². The maximum Gasteiger partial charge on any atom is 0.326 e. The van der Waals surface area contributed by atoms with Gasteiger partial charge >= 0.3 is 10.1 Å². The standard InChI is InChI=1S/C16H22N2O4S3/c1-2-3-4-5-6-7-12-8-9-14(19)13(10-12)11-22-25(20,21)16-18-17-15(23)24-16/h8-10,19H,2-7,11H2,1H3,(H,17,23). The van der Waals surface area contributed by atoms with E-state index in [9.17, 15) is 13.5 Å². The Morgan fingerprint density at radius 3 is 2.72 bits per heavy atom. The number of aromatic amines is 1. The van der Waals surface area contributed by atoms with Gasteiger partial charge in [0, 0.05) is 5.56 Å². The Morgan fingerprint density at radius 1 is 1.28 bits per heavy atom. The lowest BCUT2D eigenvalue weighted by Crippen LogP contribution is -2.06. The van der Waals surface area contributed by atoms with Crippen LogP contribution < -0.4 is 0 Å². The van der Waals surface area contributed by atoms with E-state index in [1.807, 2.05) is 6.07 Å². The van der Waals surface area contributed by atoms with E-state index < -0.39 is 10.1 Å². The van der Waals surface area contributed by atoms with Crippen molar-refractivity contribution in [1.29, 1.82) is 0 Å². The van der Waals surface area contributed by atoms with Crippen LogP contribution in [-0.4, -0.2) is 23.7 Å². The molecule has 138 valence electrons. The molecule has 0 aliphatic carbocycles. The minimum absolute atomic E-state index is 0.0135. The molecule has 0 spiro atoms. The third-order valence-electron chi connectivity index (χ3n) is 3.71. The summed E-state index contributed by atoms with van der Waals surface area (Å²) in [4.78, 5) is 0. The summed E-state index contributed by atoms with van der Waals surface area (Å²) in [6.07, 6.45) is 6.80. The lowest BCUT2D eigenvalue weighted by Gasteiger charge is -2.08. The molecule has 0 aliphatic heterocycles. The molecule has 1 heterocycles.